The second kappa shape index (κ2) is 40.5. The summed E-state index contributed by atoms with van der Waals surface area (Å²) < 4.78 is 0. The minimum absolute atomic E-state index is 0.0235. The highest BCUT2D eigenvalue weighted by molar-refractivity contribution is 6.00. The number of aromatic hydroxyl groups is 3. The number of rotatable bonds is 12. The number of phenols is 3. The minimum atomic E-state index is 0.0235. The van der Waals surface area contributed by atoms with Gasteiger partial charge in [-0.3, -0.25) is 0 Å². The van der Waals surface area contributed by atoms with Gasteiger partial charge in [-0.2, -0.15) is 0 Å². The highest BCUT2D eigenvalue weighted by Crippen LogP contribution is 2.30. The summed E-state index contributed by atoms with van der Waals surface area (Å²) in [6.07, 6.45) is 25.5. The zero-order chi connectivity index (χ0) is 83.6. The Bertz CT molecular complexity index is 6380. The fraction of sp³-hybridized carbons (Fsp3) is 0.0252. The van der Waals surface area contributed by atoms with Crippen LogP contribution in [0.2, 0.25) is 0 Å². The Balaban J connectivity index is 0.000000114. The van der Waals surface area contributed by atoms with E-state index in [4.69, 9.17) is 5.11 Å². The lowest BCUT2D eigenvalue weighted by atomic mass is 10.0. The maximum Gasteiger partial charge on any atom is 0.119 e. The highest BCUT2D eigenvalue weighted by atomic mass is 16.3. The highest BCUT2D eigenvalue weighted by Gasteiger charge is 2.05. The van der Waals surface area contributed by atoms with E-state index in [0.717, 1.165) is 5.56 Å². The van der Waals surface area contributed by atoms with Crippen molar-refractivity contribution >= 4 is 159 Å². The van der Waals surface area contributed by atoms with Crippen molar-refractivity contribution in [3.05, 3.63) is 508 Å². The van der Waals surface area contributed by atoms with Gasteiger partial charge in [-0.25, -0.2) is 0 Å². The molecule has 3 nitrogen and oxygen atoms in total. The van der Waals surface area contributed by atoms with Crippen LogP contribution in [0.5, 0.6) is 17.2 Å². The van der Waals surface area contributed by atoms with E-state index in [1.807, 2.05) is 6.08 Å². The van der Waals surface area contributed by atoms with Gasteiger partial charge < -0.3 is 15.3 Å². The predicted molar refractivity (Wildman–Crippen MR) is 530 cm³/mol. The Labute approximate surface area is 715 Å². The van der Waals surface area contributed by atoms with E-state index < -0.39 is 0 Å². The summed E-state index contributed by atoms with van der Waals surface area (Å²) in [5.74, 6) is 0.267. The molecule has 0 atom stereocenters. The topological polar surface area (TPSA) is 60.7 Å². The fourth-order valence-corrected chi connectivity index (χ4v) is 15.0. The van der Waals surface area contributed by atoms with Gasteiger partial charge in [0.25, 0.3) is 0 Å². The normalized spacial score (nSPS) is 11.3. The first-order valence-corrected chi connectivity index (χ1v) is 41.3. The van der Waals surface area contributed by atoms with Crippen LogP contribution in [0.4, 0.5) is 0 Å². The molecular weight excluding hydrogens is 1480 g/mol. The van der Waals surface area contributed by atoms with Crippen LogP contribution >= 0.6 is 0 Å². The lowest BCUT2D eigenvalue weighted by Gasteiger charge is -2.04. The molecule has 0 aliphatic rings. The molecule has 122 heavy (non-hydrogen) atoms. The van der Waals surface area contributed by atoms with Crippen LogP contribution in [0.1, 0.15) is 83.5 Å². The van der Waals surface area contributed by atoms with Crippen molar-refractivity contribution in [1.29, 1.82) is 0 Å². The average Bonchev–Trinajstić information content (AvgIpc) is 0.768. The van der Waals surface area contributed by atoms with Gasteiger partial charge in [0.15, 0.2) is 0 Å². The number of benzene rings is 20. The third kappa shape index (κ3) is 22.5. The molecule has 588 valence electrons. The van der Waals surface area contributed by atoms with Crippen LogP contribution in [0, 0.1) is 20.8 Å². The molecular formula is C119H94O3. The summed E-state index contributed by atoms with van der Waals surface area (Å²) in [5, 5.41) is 48.3. The van der Waals surface area contributed by atoms with E-state index >= 15 is 0 Å². The number of phenolic OH excluding ortho intramolecular Hbond substituents is 3. The Morgan fingerprint density at radius 3 is 0.672 bits per heavy atom. The maximum absolute atomic E-state index is 9.30. The zero-order valence-corrected chi connectivity index (χ0v) is 68.7. The summed E-state index contributed by atoms with van der Waals surface area (Å²) >= 11 is 0. The van der Waals surface area contributed by atoms with Crippen molar-refractivity contribution in [2.45, 2.75) is 20.8 Å². The van der Waals surface area contributed by atoms with Gasteiger partial charge >= 0.3 is 0 Å². The summed E-state index contributed by atoms with van der Waals surface area (Å²) in [7, 11) is 0. The molecule has 3 heteroatoms. The number of hydrogen-bond acceptors (Lipinski definition) is 3. The van der Waals surface area contributed by atoms with Crippen LogP contribution < -0.4 is 0 Å². The molecule has 3 N–H and O–H groups in total. The molecule has 20 rings (SSSR count). The van der Waals surface area contributed by atoms with Gasteiger partial charge in [0.1, 0.15) is 17.2 Å². The van der Waals surface area contributed by atoms with E-state index in [1.54, 1.807) is 42.5 Å². The summed E-state index contributed by atoms with van der Waals surface area (Å²) in [5.41, 5.74) is 18.0. The molecule has 0 aliphatic carbocycles. The average molecular weight is 1570 g/mol. The summed E-state index contributed by atoms with van der Waals surface area (Å²) in [6, 6.07) is 146. The van der Waals surface area contributed by atoms with Gasteiger partial charge in [-0.1, -0.05) is 460 Å². The van der Waals surface area contributed by atoms with Crippen molar-refractivity contribution < 1.29 is 15.3 Å². The first-order chi connectivity index (χ1) is 59.9. The molecule has 0 spiro atoms. The molecule has 0 amide bonds. The maximum atomic E-state index is 9.30. The van der Waals surface area contributed by atoms with E-state index in [0.29, 0.717) is 5.56 Å². The first-order valence-electron chi connectivity index (χ1n) is 41.3. The molecule has 20 aromatic carbocycles. The third-order valence-electron chi connectivity index (χ3n) is 21.3. The van der Waals surface area contributed by atoms with E-state index in [2.05, 4.69) is 464 Å². The van der Waals surface area contributed by atoms with Crippen LogP contribution in [0.15, 0.2) is 425 Å². The Morgan fingerprint density at radius 2 is 0.369 bits per heavy atom. The molecule has 20 aromatic rings. The smallest absolute Gasteiger partial charge is 0.119 e. The molecule has 0 radical (unpaired) electrons. The molecule has 0 saturated heterocycles. The predicted octanol–water partition coefficient (Wildman–Crippen LogP) is 32.4. The van der Waals surface area contributed by atoms with Crippen LogP contribution in [-0.4, -0.2) is 15.3 Å². The van der Waals surface area contributed by atoms with E-state index in [1.165, 1.54) is 165 Å². The van der Waals surface area contributed by atoms with Gasteiger partial charge in [0.2, 0.25) is 0 Å². The van der Waals surface area contributed by atoms with Gasteiger partial charge in [-0.05, 0) is 222 Å². The van der Waals surface area contributed by atoms with Crippen LogP contribution in [0.3, 0.4) is 0 Å². The van der Waals surface area contributed by atoms with Gasteiger partial charge in [0, 0.05) is 6.07 Å². The minimum Gasteiger partial charge on any atom is -0.508 e. The van der Waals surface area contributed by atoms with Crippen molar-refractivity contribution in [1.82, 2.24) is 0 Å². The quantitative estimate of drug-likeness (QED) is 0.107. The zero-order valence-electron chi connectivity index (χ0n) is 68.7. The lowest BCUT2D eigenvalue weighted by molar-refractivity contribution is 0.450. The van der Waals surface area contributed by atoms with Crippen molar-refractivity contribution in [3.63, 3.8) is 0 Å². The van der Waals surface area contributed by atoms with Crippen molar-refractivity contribution in [2.75, 3.05) is 0 Å². The Hall–Kier alpha value is -15.7. The monoisotopic (exact) mass is 1570 g/mol. The Morgan fingerprint density at radius 1 is 0.139 bits per heavy atom. The summed E-state index contributed by atoms with van der Waals surface area (Å²) in [4.78, 5) is 0. The second-order valence-corrected chi connectivity index (χ2v) is 30.4. The molecule has 0 aromatic heterocycles. The molecule has 0 fully saturated rings. The van der Waals surface area contributed by atoms with E-state index in [9.17, 15) is 10.2 Å². The first kappa shape index (κ1) is 81.5. The van der Waals surface area contributed by atoms with E-state index in [-0.39, 0.29) is 17.2 Å². The molecule has 0 bridgehead atoms. The fourth-order valence-electron chi connectivity index (χ4n) is 15.0. The molecule has 0 saturated carbocycles. The van der Waals surface area contributed by atoms with Gasteiger partial charge in [-0.15, -0.1) is 0 Å². The third-order valence-corrected chi connectivity index (χ3v) is 21.3. The lowest BCUT2D eigenvalue weighted by Crippen LogP contribution is -1.80. The number of hydrogen-bond donors (Lipinski definition) is 3. The Kier molecular flexibility index (Phi) is 27.0. The molecule has 0 heterocycles. The van der Waals surface area contributed by atoms with Crippen LogP contribution in [-0.2, 0) is 0 Å². The SMILES string of the molecule is C(=C/c1ccc2ccccc2c1)/c1ccc2ccccc2c1.C(=C/c1cccc2ccccc12)/c1cccc2ccccc12.C(=C\c1ccc2ccccc2c1)/c1ccc2ccccc2c1.C(=C\c1cccc2ccccc12)/c1cccc2ccccc12.Cc1ccc(/C=C/c2cc(C)cc(C)c2)cc1.Oc1ccc(/C=C/c2cc(O)cc(O)c2)cc1. The number of aryl methyl sites for hydroxylation is 3. The van der Waals surface area contributed by atoms with Crippen molar-refractivity contribution in [2.24, 2.45) is 0 Å². The van der Waals surface area contributed by atoms with Crippen LogP contribution in [0.25, 0.3) is 159 Å². The van der Waals surface area contributed by atoms with Crippen molar-refractivity contribution in [3.8, 4) is 17.2 Å². The largest absolute Gasteiger partial charge is 0.508 e. The number of fused-ring (bicyclic) bond motifs is 8. The second-order valence-electron chi connectivity index (χ2n) is 30.4. The van der Waals surface area contributed by atoms with Gasteiger partial charge in [0.05, 0.1) is 0 Å². The molecule has 0 aliphatic heterocycles. The standard InChI is InChI=1S/4C22H16.C17H18.C14H12O3/c2*1-3-13-21-17(7-1)9-5-11-19(21)15-16-20-12-6-10-18-8-2-4-14-22(18)20;2*1-3-7-21-15-17(11-13-19(21)5-1)9-10-18-12-14-20-6-2-4-8-22(20)16-18;1-13-4-6-16(7-5-13)8-9-17-11-14(2)10-15(3)12-17;15-12-5-3-10(4-6-12)1-2-11-7-13(16)9-14(17)8-11/h4*1-16H;4-12H,1-3H3;1-9,15-17H/b16-15+;16-15-;10-9+;10-9-;9-8+;2-1+. The summed E-state index contributed by atoms with van der Waals surface area (Å²) in [6.45, 7) is 6.38. The molecule has 0 unspecified atom stereocenters.